The lowest BCUT2D eigenvalue weighted by atomic mass is 10.1. The molecule has 0 saturated heterocycles. The van der Waals surface area contributed by atoms with Crippen LogP contribution in [-0.4, -0.2) is 69.6 Å². The largest absolute Gasteiger partial charge is 0.453 e. The maximum Gasteiger partial charge on any atom is 0.407 e. The minimum absolute atomic E-state index is 0.00900. The second-order valence-corrected chi connectivity index (χ2v) is 9.04. The zero-order valence-corrected chi connectivity index (χ0v) is 17.3. The van der Waals surface area contributed by atoms with Gasteiger partial charge in [-0.15, -0.1) is 0 Å². The molecule has 0 bridgehead atoms. The second kappa shape index (κ2) is 12.9. The van der Waals surface area contributed by atoms with Crippen LogP contribution in [0.3, 0.4) is 0 Å². The van der Waals surface area contributed by atoms with Crippen LogP contribution in [0.15, 0.2) is 0 Å². The van der Waals surface area contributed by atoms with Gasteiger partial charge in [0.2, 0.25) is 5.91 Å². The Morgan fingerprint density at radius 3 is 2.35 bits per heavy atom. The molecule has 0 aliphatic rings. The molecule has 0 saturated carbocycles. The molecule has 8 nitrogen and oxygen atoms in total. The van der Waals surface area contributed by atoms with Crippen molar-refractivity contribution in [3.05, 3.63) is 0 Å². The standard InChI is InChI=1S/C17H35N3O5S/c1-5-6-12-26(23,24)13-15(19-17(22)25-4)16(21)20(10-7-9-18)11-8-14(2)3/h14-15H,5-13,18H2,1-4H3,(H,19,22)/t15-/m1/s1. The van der Waals surface area contributed by atoms with E-state index < -0.39 is 33.6 Å². The van der Waals surface area contributed by atoms with Crippen molar-refractivity contribution in [2.24, 2.45) is 11.7 Å². The number of nitrogens with zero attached hydrogens (tertiary/aromatic N) is 1. The predicted molar refractivity (Wildman–Crippen MR) is 103 cm³/mol. The molecule has 3 N–H and O–H groups in total. The van der Waals surface area contributed by atoms with Gasteiger partial charge >= 0.3 is 6.09 Å². The number of rotatable bonds is 13. The molecular formula is C17H35N3O5S. The number of methoxy groups -OCH3 is 1. The zero-order valence-electron chi connectivity index (χ0n) is 16.5. The average molecular weight is 394 g/mol. The molecule has 0 heterocycles. The van der Waals surface area contributed by atoms with E-state index in [9.17, 15) is 18.0 Å². The van der Waals surface area contributed by atoms with E-state index in [1.807, 2.05) is 20.8 Å². The quantitative estimate of drug-likeness (QED) is 0.484. The number of ether oxygens (including phenoxy) is 1. The fourth-order valence-corrected chi connectivity index (χ4v) is 3.96. The van der Waals surface area contributed by atoms with Crippen molar-refractivity contribution in [1.29, 1.82) is 0 Å². The molecule has 1 atom stereocenters. The summed E-state index contributed by atoms with van der Waals surface area (Å²) in [4.78, 5) is 26.1. The second-order valence-electron chi connectivity index (χ2n) is 6.81. The third-order valence-corrected chi connectivity index (χ3v) is 5.68. The van der Waals surface area contributed by atoms with Crippen molar-refractivity contribution < 1.29 is 22.7 Å². The van der Waals surface area contributed by atoms with Gasteiger partial charge in [-0.05, 0) is 31.7 Å². The number of hydrogen-bond donors (Lipinski definition) is 2. The molecule has 0 radical (unpaired) electrons. The highest BCUT2D eigenvalue weighted by Crippen LogP contribution is 2.08. The first kappa shape index (κ1) is 24.7. The van der Waals surface area contributed by atoms with Crippen molar-refractivity contribution in [2.75, 3.05) is 38.2 Å². The molecule has 0 spiro atoms. The van der Waals surface area contributed by atoms with Crippen LogP contribution in [0.4, 0.5) is 4.79 Å². The van der Waals surface area contributed by atoms with Gasteiger partial charge in [0.15, 0.2) is 9.84 Å². The van der Waals surface area contributed by atoms with Crippen molar-refractivity contribution >= 4 is 21.8 Å². The number of hydrogen-bond acceptors (Lipinski definition) is 6. The van der Waals surface area contributed by atoms with E-state index in [1.54, 1.807) is 4.90 Å². The van der Waals surface area contributed by atoms with E-state index >= 15 is 0 Å². The molecule has 0 aliphatic heterocycles. The van der Waals surface area contributed by atoms with Gasteiger partial charge in [0, 0.05) is 13.1 Å². The Bertz CT molecular complexity index is 522. The Hall–Kier alpha value is -1.35. The van der Waals surface area contributed by atoms with Gasteiger partial charge in [0.1, 0.15) is 6.04 Å². The van der Waals surface area contributed by atoms with Crippen molar-refractivity contribution in [3.63, 3.8) is 0 Å². The topological polar surface area (TPSA) is 119 Å². The summed E-state index contributed by atoms with van der Waals surface area (Å²) in [6, 6.07) is -1.16. The van der Waals surface area contributed by atoms with Crippen molar-refractivity contribution in [3.8, 4) is 0 Å². The van der Waals surface area contributed by atoms with Gasteiger partial charge < -0.3 is 20.7 Å². The first-order valence-electron chi connectivity index (χ1n) is 9.20. The van der Waals surface area contributed by atoms with Gasteiger partial charge in [-0.1, -0.05) is 27.2 Å². The summed E-state index contributed by atoms with van der Waals surface area (Å²) in [7, 11) is -2.30. The molecule has 0 unspecified atom stereocenters. The molecule has 0 aromatic carbocycles. The molecule has 0 aliphatic carbocycles. The number of amides is 2. The minimum atomic E-state index is -3.47. The number of nitrogens with two attached hydrogens (primary N) is 1. The summed E-state index contributed by atoms with van der Waals surface area (Å²) < 4.78 is 29.1. The van der Waals surface area contributed by atoms with Crippen LogP contribution >= 0.6 is 0 Å². The van der Waals surface area contributed by atoms with Crippen LogP contribution in [0.5, 0.6) is 0 Å². The smallest absolute Gasteiger partial charge is 0.407 e. The van der Waals surface area contributed by atoms with Crippen molar-refractivity contribution in [1.82, 2.24) is 10.2 Å². The first-order chi connectivity index (χ1) is 12.2. The van der Waals surface area contributed by atoms with Gasteiger partial charge in [-0.3, -0.25) is 4.79 Å². The number of unbranched alkanes of at least 4 members (excludes halogenated alkanes) is 1. The van der Waals surface area contributed by atoms with E-state index in [4.69, 9.17) is 5.73 Å². The molecule has 154 valence electrons. The van der Waals surface area contributed by atoms with E-state index in [1.165, 1.54) is 7.11 Å². The third kappa shape index (κ3) is 10.6. The lowest BCUT2D eigenvalue weighted by molar-refractivity contribution is -0.133. The monoisotopic (exact) mass is 393 g/mol. The molecule has 0 aromatic heterocycles. The normalized spacial score (nSPS) is 12.7. The Morgan fingerprint density at radius 1 is 1.19 bits per heavy atom. The van der Waals surface area contributed by atoms with E-state index in [-0.39, 0.29) is 5.75 Å². The highest BCUT2D eigenvalue weighted by molar-refractivity contribution is 7.91. The molecule has 0 fully saturated rings. The van der Waals surface area contributed by atoms with Gasteiger partial charge in [0.25, 0.3) is 0 Å². The Balaban J connectivity index is 5.31. The van der Waals surface area contributed by atoms with E-state index in [2.05, 4.69) is 10.1 Å². The molecule has 0 rings (SSSR count). The number of carbonyl (C=O) groups excluding carboxylic acids is 2. The summed E-state index contributed by atoms with van der Waals surface area (Å²) in [6.45, 7) is 7.33. The Morgan fingerprint density at radius 2 is 1.85 bits per heavy atom. The summed E-state index contributed by atoms with van der Waals surface area (Å²) >= 11 is 0. The zero-order chi connectivity index (χ0) is 20.2. The van der Waals surface area contributed by atoms with Gasteiger partial charge in [-0.2, -0.15) is 0 Å². The van der Waals surface area contributed by atoms with Gasteiger partial charge in [-0.25, -0.2) is 13.2 Å². The highest BCUT2D eigenvalue weighted by Gasteiger charge is 2.30. The fraction of sp³-hybridized carbons (Fsp3) is 0.882. The Kier molecular flexibility index (Phi) is 12.2. The van der Waals surface area contributed by atoms with Crippen molar-refractivity contribution in [2.45, 2.75) is 52.5 Å². The molecular weight excluding hydrogens is 358 g/mol. The minimum Gasteiger partial charge on any atom is -0.453 e. The average Bonchev–Trinajstić information content (AvgIpc) is 2.58. The summed E-state index contributed by atoms with van der Waals surface area (Å²) in [5.74, 6) is -0.458. The van der Waals surface area contributed by atoms with Crippen LogP contribution in [0, 0.1) is 5.92 Å². The van der Waals surface area contributed by atoms with E-state index in [0.717, 1.165) is 12.8 Å². The van der Waals surface area contributed by atoms with Crippen LogP contribution < -0.4 is 11.1 Å². The molecule has 2 amide bonds. The van der Waals surface area contributed by atoms with Crippen LogP contribution in [0.2, 0.25) is 0 Å². The lowest BCUT2D eigenvalue weighted by Gasteiger charge is -2.28. The lowest BCUT2D eigenvalue weighted by Crippen LogP contribution is -2.52. The number of nitrogens with one attached hydrogen (secondary N) is 1. The van der Waals surface area contributed by atoms with Crippen LogP contribution in [0.25, 0.3) is 0 Å². The van der Waals surface area contributed by atoms with Crippen LogP contribution in [0.1, 0.15) is 46.5 Å². The first-order valence-corrected chi connectivity index (χ1v) is 11.0. The number of sulfone groups is 1. The highest BCUT2D eigenvalue weighted by atomic mass is 32.2. The fourth-order valence-electron chi connectivity index (χ4n) is 2.33. The number of carbonyl (C=O) groups is 2. The van der Waals surface area contributed by atoms with E-state index in [0.29, 0.717) is 38.4 Å². The van der Waals surface area contributed by atoms with Crippen LogP contribution in [-0.2, 0) is 19.4 Å². The SMILES string of the molecule is CCCCS(=O)(=O)C[C@@H](NC(=O)OC)C(=O)N(CCCN)CCC(C)C. The summed E-state index contributed by atoms with van der Waals surface area (Å²) in [5.41, 5.74) is 5.54. The maximum atomic E-state index is 12.9. The molecule has 26 heavy (non-hydrogen) atoms. The number of alkyl carbamates (subject to hydrolysis) is 1. The molecule has 9 heteroatoms. The molecule has 0 aromatic rings. The third-order valence-electron chi connectivity index (χ3n) is 3.93. The maximum absolute atomic E-state index is 12.9. The Labute approximate surface area is 157 Å². The summed E-state index contributed by atoms with van der Waals surface area (Å²) in [6.07, 6.45) is 1.82. The predicted octanol–water partition coefficient (Wildman–Crippen LogP) is 1.15. The summed E-state index contributed by atoms with van der Waals surface area (Å²) in [5, 5.41) is 2.38. The van der Waals surface area contributed by atoms with Gasteiger partial charge in [0.05, 0.1) is 18.6 Å².